The number of para-hydroxylation sites is 1. The zero-order valence-corrected chi connectivity index (χ0v) is 17.6. The molecule has 0 fully saturated rings. The molecule has 5 nitrogen and oxygen atoms in total. The van der Waals surface area contributed by atoms with Gasteiger partial charge in [-0.25, -0.2) is 4.98 Å². The molecule has 0 aliphatic heterocycles. The molecule has 0 aliphatic rings. The van der Waals surface area contributed by atoms with Crippen molar-refractivity contribution >= 4 is 49.8 Å². The molecule has 0 saturated heterocycles. The van der Waals surface area contributed by atoms with Gasteiger partial charge in [0.2, 0.25) is 0 Å². The Kier molecular flexibility index (Phi) is 5.56. The Bertz CT molecular complexity index is 1210. The number of rotatable bonds is 6. The highest BCUT2D eigenvalue weighted by atomic mass is 35.5. The molecule has 7 heteroatoms. The smallest absolute Gasteiger partial charge is 0.261 e. The predicted molar refractivity (Wildman–Crippen MR) is 118 cm³/mol. The van der Waals surface area contributed by atoms with Crippen molar-refractivity contribution in [1.29, 1.82) is 0 Å². The Morgan fingerprint density at radius 1 is 1.07 bits per heavy atom. The number of pyridine rings is 1. The molecule has 1 N–H and O–H groups in total. The first kappa shape index (κ1) is 19.5. The summed E-state index contributed by atoms with van der Waals surface area (Å²) in [5.74, 6) is 1.24. The number of carbonyl (C=O) groups excluding carboxylic acids is 1. The third-order valence-corrected chi connectivity index (χ3v) is 6.15. The van der Waals surface area contributed by atoms with Crippen LogP contribution in [-0.4, -0.2) is 31.7 Å². The van der Waals surface area contributed by atoms with Crippen LogP contribution in [-0.2, 0) is 6.42 Å². The van der Waals surface area contributed by atoms with Crippen LogP contribution in [0.3, 0.4) is 0 Å². The van der Waals surface area contributed by atoms with E-state index >= 15 is 0 Å². The number of ether oxygens (including phenoxy) is 2. The van der Waals surface area contributed by atoms with E-state index in [4.69, 9.17) is 21.1 Å². The van der Waals surface area contributed by atoms with Gasteiger partial charge in [0.1, 0.15) is 5.15 Å². The number of fused-ring (bicyclic) bond motifs is 3. The van der Waals surface area contributed by atoms with E-state index in [0.717, 1.165) is 26.6 Å². The van der Waals surface area contributed by atoms with Crippen LogP contribution in [0.1, 0.15) is 15.2 Å². The Morgan fingerprint density at radius 3 is 2.66 bits per heavy atom. The Labute approximate surface area is 177 Å². The summed E-state index contributed by atoms with van der Waals surface area (Å²) < 4.78 is 11.6. The maximum Gasteiger partial charge on any atom is 0.261 e. The molecule has 0 unspecified atom stereocenters. The van der Waals surface area contributed by atoms with E-state index in [1.165, 1.54) is 11.3 Å². The zero-order chi connectivity index (χ0) is 20.4. The highest BCUT2D eigenvalue weighted by Crippen LogP contribution is 2.35. The molecule has 2 aromatic heterocycles. The molecule has 0 radical (unpaired) electrons. The number of amides is 1. The minimum atomic E-state index is -0.119. The van der Waals surface area contributed by atoms with Crippen molar-refractivity contribution in [3.8, 4) is 11.5 Å². The van der Waals surface area contributed by atoms with Gasteiger partial charge in [-0.05, 0) is 36.2 Å². The van der Waals surface area contributed by atoms with Gasteiger partial charge in [0, 0.05) is 22.0 Å². The van der Waals surface area contributed by atoms with Crippen molar-refractivity contribution in [3.63, 3.8) is 0 Å². The largest absolute Gasteiger partial charge is 0.493 e. The van der Waals surface area contributed by atoms with Gasteiger partial charge in [0.25, 0.3) is 5.91 Å². The second-order valence-electron chi connectivity index (χ2n) is 6.47. The van der Waals surface area contributed by atoms with E-state index in [9.17, 15) is 4.79 Å². The molecule has 148 valence electrons. The third-order valence-electron chi connectivity index (χ3n) is 4.69. The first-order valence-corrected chi connectivity index (χ1v) is 10.3. The van der Waals surface area contributed by atoms with Crippen LogP contribution < -0.4 is 14.8 Å². The topological polar surface area (TPSA) is 60.5 Å². The van der Waals surface area contributed by atoms with Gasteiger partial charge in [0.15, 0.2) is 11.5 Å². The van der Waals surface area contributed by atoms with Crippen molar-refractivity contribution in [2.24, 2.45) is 0 Å². The number of aromatic nitrogens is 1. The normalized spacial score (nSPS) is 11.0. The number of benzene rings is 2. The summed E-state index contributed by atoms with van der Waals surface area (Å²) in [6.07, 6.45) is 0.683. The standard InChI is InChI=1S/C22H19ClN2O3S/c1-27-17-8-7-13(11-18(17)28-2)9-10-24-22(26)19-12-15-20(29-19)14-5-3-4-6-16(14)25-21(15)23/h3-8,11-12H,9-10H2,1-2H3,(H,24,26). The predicted octanol–water partition coefficient (Wildman–Crippen LogP) is 5.09. The fourth-order valence-electron chi connectivity index (χ4n) is 3.23. The lowest BCUT2D eigenvalue weighted by atomic mass is 10.1. The lowest BCUT2D eigenvalue weighted by Crippen LogP contribution is -2.24. The quantitative estimate of drug-likeness (QED) is 0.436. The number of methoxy groups -OCH3 is 2. The van der Waals surface area contributed by atoms with E-state index in [0.29, 0.717) is 34.5 Å². The maximum absolute atomic E-state index is 12.7. The fourth-order valence-corrected chi connectivity index (χ4v) is 4.63. The van der Waals surface area contributed by atoms with E-state index in [1.54, 1.807) is 14.2 Å². The van der Waals surface area contributed by atoms with E-state index in [-0.39, 0.29) is 5.91 Å². The van der Waals surface area contributed by atoms with Gasteiger partial charge in [0.05, 0.1) is 24.6 Å². The molecular formula is C22H19ClN2O3S. The summed E-state index contributed by atoms with van der Waals surface area (Å²) in [6.45, 7) is 0.509. The summed E-state index contributed by atoms with van der Waals surface area (Å²) in [7, 11) is 3.21. The van der Waals surface area contributed by atoms with E-state index in [2.05, 4.69) is 10.3 Å². The molecule has 2 heterocycles. The van der Waals surface area contributed by atoms with Crippen LogP contribution >= 0.6 is 22.9 Å². The van der Waals surface area contributed by atoms with Crippen LogP contribution in [0.2, 0.25) is 5.15 Å². The van der Waals surface area contributed by atoms with Gasteiger partial charge in [-0.15, -0.1) is 11.3 Å². The SMILES string of the molecule is COc1ccc(CCNC(=O)c2cc3c(Cl)nc4ccccc4c3s2)cc1OC. The number of hydrogen-bond donors (Lipinski definition) is 1. The summed E-state index contributed by atoms with van der Waals surface area (Å²) in [5.41, 5.74) is 1.88. The first-order chi connectivity index (χ1) is 14.1. The molecule has 4 rings (SSSR count). The molecule has 4 aromatic rings. The molecule has 0 aliphatic carbocycles. The average Bonchev–Trinajstić information content (AvgIpc) is 3.20. The summed E-state index contributed by atoms with van der Waals surface area (Å²) >= 11 is 7.77. The van der Waals surface area contributed by atoms with Crippen LogP contribution in [0.5, 0.6) is 11.5 Å². The van der Waals surface area contributed by atoms with Crippen molar-refractivity contribution in [2.45, 2.75) is 6.42 Å². The number of thiophene rings is 1. The second-order valence-corrected chi connectivity index (χ2v) is 7.88. The highest BCUT2D eigenvalue weighted by Gasteiger charge is 2.15. The summed E-state index contributed by atoms with van der Waals surface area (Å²) in [5, 5.41) is 5.20. The maximum atomic E-state index is 12.7. The molecule has 0 spiro atoms. The average molecular weight is 427 g/mol. The summed E-state index contributed by atoms with van der Waals surface area (Å²) in [4.78, 5) is 17.7. The number of hydrogen-bond acceptors (Lipinski definition) is 5. The fraction of sp³-hybridized carbons (Fsp3) is 0.182. The molecule has 0 atom stereocenters. The first-order valence-electron chi connectivity index (χ1n) is 9.07. The number of halogens is 1. The van der Waals surface area contributed by atoms with Crippen LogP contribution in [0.15, 0.2) is 48.5 Å². The Balaban J connectivity index is 1.50. The minimum absolute atomic E-state index is 0.119. The lowest BCUT2D eigenvalue weighted by molar-refractivity contribution is 0.0958. The molecule has 0 saturated carbocycles. The molecule has 0 bridgehead atoms. The van der Waals surface area contributed by atoms with Gasteiger partial charge in [-0.3, -0.25) is 4.79 Å². The Morgan fingerprint density at radius 2 is 1.86 bits per heavy atom. The summed E-state index contributed by atoms with van der Waals surface area (Å²) in [6, 6.07) is 15.4. The molecule has 29 heavy (non-hydrogen) atoms. The van der Waals surface area contributed by atoms with Gasteiger partial charge in [-0.2, -0.15) is 0 Å². The second kappa shape index (κ2) is 8.27. The monoisotopic (exact) mass is 426 g/mol. The van der Waals surface area contributed by atoms with Crippen molar-refractivity contribution in [2.75, 3.05) is 20.8 Å². The van der Waals surface area contributed by atoms with Crippen molar-refractivity contribution < 1.29 is 14.3 Å². The van der Waals surface area contributed by atoms with E-state index in [1.807, 2.05) is 48.5 Å². The number of carbonyl (C=O) groups is 1. The van der Waals surface area contributed by atoms with Crippen LogP contribution in [0.4, 0.5) is 0 Å². The number of nitrogens with zero attached hydrogens (tertiary/aromatic N) is 1. The highest BCUT2D eigenvalue weighted by molar-refractivity contribution is 7.21. The van der Waals surface area contributed by atoms with Crippen LogP contribution in [0, 0.1) is 0 Å². The molecule has 2 aromatic carbocycles. The van der Waals surface area contributed by atoms with Gasteiger partial charge in [-0.1, -0.05) is 35.9 Å². The lowest BCUT2D eigenvalue weighted by Gasteiger charge is -2.10. The van der Waals surface area contributed by atoms with Gasteiger partial charge < -0.3 is 14.8 Å². The van der Waals surface area contributed by atoms with E-state index < -0.39 is 0 Å². The molecule has 1 amide bonds. The van der Waals surface area contributed by atoms with Crippen LogP contribution in [0.25, 0.3) is 21.0 Å². The van der Waals surface area contributed by atoms with Crippen molar-refractivity contribution in [3.05, 3.63) is 64.1 Å². The number of nitrogens with one attached hydrogen (secondary N) is 1. The Hall–Kier alpha value is -2.83. The third kappa shape index (κ3) is 3.86. The zero-order valence-electron chi connectivity index (χ0n) is 16.0. The molecular weight excluding hydrogens is 408 g/mol. The minimum Gasteiger partial charge on any atom is -0.493 e. The van der Waals surface area contributed by atoms with Crippen molar-refractivity contribution in [1.82, 2.24) is 10.3 Å². The van der Waals surface area contributed by atoms with Gasteiger partial charge >= 0.3 is 0 Å².